The van der Waals surface area contributed by atoms with E-state index >= 15 is 0 Å². The molecule has 0 bridgehead atoms. The molecule has 0 radical (unpaired) electrons. The second-order valence-electron chi connectivity index (χ2n) is 8.08. The number of nitrogens with one attached hydrogen (secondary N) is 1. The SMILES string of the molecule is COc1cccnc1C(CNC(=O)c1c(C)c(-c2ccccc2)nc2ccc(Br)cc12)CC(=O)O. The molecule has 7 nitrogen and oxygen atoms in total. The van der Waals surface area contributed by atoms with Crippen molar-refractivity contribution in [1.29, 1.82) is 0 Å². The molecule has 0 fully saturated rings. The number of aliphatic carboxylic acids is 1. The first kappa shape index (κ1) is 24.3. The number of carbonyl (C=O) groups is 2. The van der Waals surface area contributed by atoms with Gasteiger partial charge in [0.15, 0.2) is 0 Å². The standard InChI is InChI=1S/C27H24BrN3O4/c1-16-24(20-14-19(28)10-11-21(20)31-25(16)17-7-4-3-5-8-17)27(34)30-15-18(13-23(32)33)26-22(35-2)9-6-12-29-26/h3-12,14,18H,13,15H2,1-2H3,(H,30,34)(H,32,33). The van der Waals surface area contributed by atoms with E-state index in [9.17, 15) is 14.7 Å². The number of nitrogens with zero attached hydrogens (tertiary/aromatic N) is 2. The molecule has 4 aromatic rings. The topological polar surface area (TPSA) is 101 Å². The molecule has 178 valence electrons. The average Bonchev–Trinajstić information content (AvgIpc) is 2.86. The van der Waals surface area contributed by atoms with Crippen molar-refractivity contribution in [2.24, 2.45) is 0 Å². The highest BCUT2D eigenvalue weighted by atomic mass is 79.9. The van der Waals surface area contributed by atoms with Crippen LogP contribution < -0.4 is 10.1 Å². The summed E-state index contributed by atoms with van der Waals surface area (Å²) in [5, 5.41) is 13.1. The molecule has 2 aromatic heterocycles. The van der Waals surface area contributed by atoms with Gasteiger partial charge >= 0.3 is 5.97 Å². The van der Waals surface area contributed by atoms with Crippen molar-refractivity contribution < 1.29 is 19.4 Å². The summed E-state index contributed by atoms with van der Waals surface area (Å²) in [4.78, 5) is 34.3. The van der Waals surface area contributed by atoms with Gasteiger partial charge in [-0.1, -0.05) is 46.3 Å². The molecule has 1 atom stereocenters. The van der Waals surface area contributed by atoms with Crippen LogP contribution in [0.1, 0.15) is 34.0 Å². The minimum Gasteiger partial charge on any atom is -0.495 e. The number of rotatable bonds is 8. The highest BCUT2D eigenvalue weighted by Crippen LogP contribution is 2.32. The molecular weight excluding hydrogens is 510 g/mol. The number of carboxylic acids is 1. The van der Waals surface area contributed by atoms with Gasteiger partial charge < -0.3 is 15.2 Å². The molecule has 2 N–H and O–H groups in total. The Kier molecular flexibility index (Phi) is 7.41. The number of fused-ring (bicyclic) bond motifs is 1. The number of halogens is 1. The third-order valence-electron chi connectivity index (χ3n) is 5.80. The van der Waals surface area contributed by atoms with Crippen LogP contribution in [-0.4, -0.2) is 40.6 Å². The first-order valence-electron chi connectivity index (χ1n) is 11.0. The lowest BCUT2D eigenvalue weighted by Crippen LogP contribution is -2.31. The maximum Gasteiger partial charge on any atom is 0.304 e. The lowest BCUT2D eigenvalue weighted by atomic mass is 9.96. The molecule has 2 heterocycles. The van der Waals surface area contributed by atoms with E-state index in [-0.39, 0.29) is 18.9 Å². The minimum absolute atomic E-state index is 0.0798. The van der Waals surface area contributed by atoms with Crippen molar-refractivity contribution >= 4 is 38.7 Å². The van der Waals surface area contributed by atoms with Crippen LogP contribution in [-0.2, 0) is 4.79 Å². The van der Waals surface area contributed by atoms with Crippen LogP contribution in [0, 0.1) is 6.92 Å². The van der Waals surface area contributed by atoms with Crippen LogP contribution in [0.3, 0.4) is 0 Å². The minimum atomic E-state index is -0.988. The molecule has 1 amide bonds. The number of carboxylic acid groups (broad SMARTS) is 1. The molecule has 0 aliphatic carbocycles. The molecule has 0 aliphatic rings. The molecule has 8 heteroatoms. The second-order valence-corrected chi connectivity index (χ2v) is 9.00. The molecule has 35 heavy (non-hydrogen) atoms. The summed E-state index contributed by atoms with van der Waals surface area (Å²) in [5.74, 6) is -1.39. The van der Waals surface area contributed by atoms with Gasteiger partial charge in [-0.25, -0.2) is 4.98 Å². The van der Waals surface area contributed by atoms with Crippen molar-refractivity contribution in [1.82, 2.24) is 15.3 Å². The molecule has 2 aromatic carbocycles. The van der Waals surface area contributed by atoms with E-state index in [1.54, 1.807) is 18.3 Å². The van der Waals surface area contributed by atoms with Crippen molar-refractivity contribution in [2.75, 3.05) is 13.7 Å². The lowest BCUT2D eigenvalue weighted by Gasteiger charge is -2.19. The third kappa shape index (κ3) is 5.33. The van der Waals surface area contributed by atoms with Crippen molar-refractivity contribution in [3.63, 3.8) is 0 Å². The second kappa shape index (κ2) is 10.7. The van der Waals surface area contributed by atoms with Crippen LogP contribution in [0.5, 0.6) is 5.75 Å². The molecule has 0 aliphatic heterocycles. The highest BCUT2D eigenvalue weighted by Gasteiger charge is 2.24. The fraction of sp³-hybridized carbons (Fsp3) is 0.185. The quantitative estimate of drug-likeness (QED) is 0.316. The molecule has 0 spiro atoms. The van der Waals surface area contributed by atoms with Gasteiger partial charge in [0.05, 0.1) is 36.0 Å². The van der Waals surface area contributed by atoms with E-state index < -0.39 is 11.9 Å². The van der Waals surface area contributed by atoms with Crippen LogP contribution >= 0.6 is 15.9 Å². The van der Waals surface area contributed by atoms with E-state index in [1.165, 1.54) is 7.11 Å². The van der Waals surface area contributed by atoms with Crippen molar-refractivity contribution in [3.05, 3.63) is 88.2 Å². The monoisotopic (exact) mass is 533 g/mol. The largest absolute Gasteiger partial charge is 0.495 e. The molecular formula is C27H24BrN3O4. The number of pyridine rings is 2. The molecule has 4 rings (SSSR count). The zero-order valence-corrected chi connectivity index (χ0v) is 20.9. The Morgan fingerprint density at radius 2 is 1.89 bits per heavy atom. The van der Waals surface area contributed by atoms with Crippen molar-refractivity contribution in [2.45, 2.75) is 19.3 Å². The maximum atomic E-state index is 13.6. The fourth-order valence-electron chi connectivity index (χ4n) is 4.16. The Balaban J connectivity index is 1.74. The summed E-state index contributed by atoms with van der Waals surface area (Å²) in [6.07, 6.45) is 1.38. The van der Waals surface area contributed by atoms with E-state index in [4.69, 9.17) is 9.72 Å². The maximum absolute atomic E-state index is 13.6. The smallest absolute Gasteiger partial charge is 0.304 e. The van der Waals surface area contributed by atoms with Crippen LogP contribution in [0.25, 0.3) is 22.2 Å². The zero-order chi connectivity index (χ0) is 24.9. The number of aromatic nitrogens is 2. The number of hydrogen-bond acceptors (Lipinski definition) is 5. The van der Waals surface area contributed by atoms with E-state index in [1.807, 2.05) is 55.5 Å². The zero-order valence-electron chi connectivity index (χ0n) is 19.3. The summed E-state index contributed by atoms with van der Waals surface area (Å²) in [7, 11) is 1.51. The van der Waals surface area contributed by atoms with Crippen LogP contribution in [0.2, 0.25) is 0 Å². The van der Waals surface area contributed by atoms with Gasteiger partial charge in [-0.15, -0.1) is 0 Å². The summed E-state index contributed by atoms with van der Waals surface area (Å²) >= 11 is 3.49. The first-order valence-corrected chi connectivity index (χ1v) is 11.8. The Morgan fingerprint density at radius 1 is 1.11 bits per heavy atom. The first-order chi connectivity index (χ1) is 16.9. The van der Waals surface area contributed by atoms with Gasteiger partial charge in [-0.2, -0.15) is 0 Å². The summed E-state index contributed by atoms with van der Waals surface area (Å²) in [6, 6.07) is 18.8. The average molecular weight is 534 g/mol. The molecule has 0 saturated heterocycles. The van der Waals surface area contributed by atoms with Gasteiger partial charge in [0.1, 0.15) is 5.75 Å². The predicted octanol–water partition coefficient (Wildman–Crippen LogP) is 5.36. The number of amides is 1. The Morgan fingerprint density at radius 3 is 2.60 bits per heavy atom. The normalized spacial score (nSPS) is 11.7. The third-order valence-corrected chi connectivity index (χ3v) is 6.29. The van der Waals surface area contributed by atoms with E-state index in [2.05, 4.69) is 26.2 Å². The van der Waals surface area contributed by atoms with Gasteiger partial charge in [0.2, 0.25) is 0 Å². The molecule has 1 unspecified atom stereocenters. The Labute approximate surface area is 211 Å². The summed E-state index contributed by atoms with van der Waals surface area (Å²) in [6.45, 7) is 1.96. The lowest BCUT2D eigenvalue weighted by molar-refractivity contribution is -0.137. The predicted molar refractivity (Wildman–Crippen MR) is 138 cm³/mol. The fourth-order valence-corrected chi connectivity index (χ4v) is 4.52. The van der Waals surface area contributed by atoms with E-state index in [0.717, 1.165) is 21.3 Å². The number of carbonyl (C=O) groups excluding carboxylic acids is 1. The van der Waals surface area contributed by atoms with E-state index in [0.29, 0.717) is 27.9 Å². The van der Waals surface area contributed by atoms with Gasteiger partial charge in [-0.05, 0) is 42.8 Å². The highest BCUT2D eigenvalue weighted by molar-refractivity contribution is 9.10. The van der Waals surface area contributed by atoms with Crippen molar-refractivity contribution in [3.8, 4) is 17.0 Å². The van der Waals surface area contributed by atoms with Gasteiger partial charge in [0, 0.05) is 34.1 Å². The number of hydrogen-bond donors (Lipinski definition) is 2. The van der Waals surface area contributed by atoms with Crippen LogP contribution in [0.4, 0.5) is 0 Å². The number of benzene rings is 2. The summed E-state index contributed by atoms with van der Waals surface area (Å²) in [5.41, 5.74) is 4.05. The molecule has 0 saturated carbocycles. The number of ether oxygens (including phenoxy) is 1. The Hall–Kier alpha value is -3.78. The summed E-state index contributed by atoms with van der Waals surface area (Å²) < 4.78 is 6.20. The number of methoxy groups -OCH3 is 1. The Bertz CT molecular complexity index is 1390. The van der Waals surface area contributed by atoms with Gasteiger partial charge in [0.25, 0.3) is 5.91 Å². The van der Waals surface area contributed by atoms with Gasteiger partial charge in [-0.3, -0.25) is 14.6 Å². The van der Waals surface area contributed by atoms with Crippen LogP contribution in [0.15, 0.2) is 71.3 Å².